The Balaban J connectivity index is 2.36. The fourth-order valence-electron chi connectivity index (χ4n) is 2.06. The number of nitrogens with one attached hydrogen (secondary N) is 1. The molecule has 1 heterocycles. The lowest BCUT2D eigenvalue weighted by Gasteiger charge is -2.20. The van der Waals surface area contributed by atoms with Crippen LogP contribution in [0.4, 0.5) is 0 Å². The molecule has 1 atom stereocenters. The van der Waals surface area contributed by atoms with E-state index < -0.39 is 0 Å². The summed E-state index contributed by atoms with van der Waals surface area (Å²) >= 11 is 5.33. The molecule has 1 N–H and O–H groups in total. The molecule has 0 aliphatic rings. The lowest BCUT2D eigenvalue weighted by molar-refractivity contribution is 0.597. The Morgan fingerprint density at radius 2 is 2.17 bits per heavy atom. The third kappa shape index (κ3) is 3.22. The monoisotopic (exact) mass is 323 g/mol. The highest BCUT2D eigenvalue weighted by molar-refractivity contribution is 9.10. The molecule has 2 aromatic rings. The first kappa shape index (κ1) is 13.8. The molecule has 96 valence electrons. The van der Waals surface area contributed by atoms with Gasteiger partial charge in [-0.2, -0.15) is 11.3 Å². The maximum atomic E-state index is 3.64. The number of aryl methyl sites for hydroxylation is 1. The van der Waals surface area contributed by atoms with E-state index in [-0.39, 0.29) is 0 Å². The molecule has 0 aliphatic heterocycles. The smallest absolute Gasteiger partial charge is 0.0587 e. The van der Waals surface area contributed by atoms with E-state index in [9.17, 15) is 0 Å². The van der Waals surface area contributed by atoms with Crippen molar-refractivity contribution in [2.24, 2.45) is 0 Å². The first-order valence-corrected chi connectivity index (χ1v) is 7.97. The minimum atomic E-state index is 0.300. The van der Waals surface area contributed by atoms with Crippen LogP contribution in [0.1, 0.15) is 36.1 Å². The van der Waals surface area contributed by atoms with Gasteiger partial charge in [-0.05, 0) is 65.5 Å². The Labute approximate surface area is 121 Å². The minimum Gasteiger partial charge on any atom is -0.306 e. The second-order valence-electron chi connectivity index (χ2n) is 4.44. The van der Waals surface area contributed by atoms with E-state index in [0.29, 0.717) is 6.04 Å². The summed E-state index contributed by atoms with van der Waals surface area (Å²) in [5.74, 6) is 0. The number of halogens is 1. The van der Waals surface area contributed by atoms with Crippen LogP contribution in [0.5, 0.6) is 0 Å². The summed E-state index contributed by atoms with van der Waals surface area (Å²) in [7, 11) is 0. The quantitative estimate of drug-likeness (QED) is 0.824. The normalized spacial score (nSPS) is 12.6. The molecule has 18 heavy (non-hydrogen) atoms. The van der Waals surface area contributed by atoms with Crippen molar-refractivity contribution in [1.82, 2.24) is 5.32 Å². The summed E-state index contributed by atoms with van der Waals surface area (Å²) in [5, 5.41) is 8.01. The van der Waals surface area contributed by atoms with Crippen LogP contribution in [0.15, 0.2) is 39.5 Å². The van der Waals surface area contributed by atoms with Crippen molar-refractivity contribution in [2.75, 3.05) is 6.54 Å². The standard InChI is InChI=1S/C15H18BrNS/c1-3-7-17-15(12-6-8-18-10-12)14-9-13(16)5-4-11(14)2/h4-6,8-10,15,17H,3,7H2,1-2H3. The van der Waals surface area contributed by atoms with Gasteiger partial charge in [0.2, 0.25) is 0 Å². The summed E-state index contributed by atoms with van der Waals surface area (Å²) in [6, 6.07) is 9.00. The first-order chi connectivity index (χ1) is 8.72. The molecule has 1 unspecified atom stereocenters. The van der Waals surface area contributed by atoms with Crippen molar-refractivity contribution >= 4 is 27.3 Å². The molecule has 3 heteroatoms. The van der Waals surface area contributed by atoms with Gasteiger partial charge in [-0.1, -0.05) is 28.9 Å². The van der Waals surface area contributed by atoms with Crippen LogP contribution in [0, 0.1) is 6.92 Å². The molecule has 0 bridgehead atoms. The van der Waals surface area contributed by atoms with Crippen LogP contribution in [0.2, 0.25) is 0 Å². The number of hydrogen-bond donors (Lipinski definition) is 1. The average Bonchev–Trinajstić information content (AvgIpc) is 2.88. The molecule has 1 nitrogen and oxygen atoms in total. The second-order valence-corrected chi connectivity index (χ2v) is 6.14. The average molecular weight is 324 g/mol. The van der Waals surface area contributed by atoms with Crippen molar-refractivity contribution in [3.8, 4) is 0 Å². The lowest BCUT2D eigenvalue weighted by Crippen LogP contribution is -2.23. The fourth-order valence-corrected chi connectivity index (χ4v) is 3.12. The Morgan fingerprint density at radius 1 is 1.33 bits per heavy atom. The molecule has 0 saturated carbocycles. The van der Waals surface area contributed by atoms with Crippen molar-refractivity contribution in [3.05, 3.63) is 56.2 Å². The van der Waals surface area contributed by atoms with Gasteiger partial charge in [-0.25, -0.2) is 0 Å². The third-order valence-corrected chi connectivity index (χ3v) is 4.22. The summed E-state index contributed by atoms with van der Waals surface area (Å²) < 4.78 is 1.14. The van der Waals surface area contributed by atoms with E-state index in [1.807, 2.05) is 0 Å². The van der Waals surface area contributed by atoms with Gasteiger partial charge in [-0.3, -0.25) is 0 Å². The Kier molecular flexibility index (Phi) is 4.98. The lowest BCUT2D eigenvalue weighted by atomic mass is 9.97. The fraction of sp³-hybridized carbons (Fsp3) is 0.333. The Bertz CT molecular complexity index is 493. The van der Waals surface area contributed by atoms with Crippen LogP contribution >= 0.6 is 27.3 Å². The van der Waals surface area contributed by atoms with Crippen LogP contribution in [-0.2, 0) is 0 Å². The third-order valence-electron chi connectivity index (χ3n) is 3.03. The van der Waals surface area contributed by atoms with E-state index >= 15 is 0 Å². The zero-order chi connectivity index (χ0) is 13.0. The van der Waals surface area contributed by atoms with Gasteiger partial charge in [0, 0.05) is 4.47 Å². The van der Waals surface area contributed by atoms with Crippen molar-refractivity contribution in [3.63, 3.8) is 0 Å². The molecule has 0 aliphatic carbocycles. The number of thiophene rings is 1. The maximum Gasteiger partial charge on any atom is 0.0587 e. The highest BCUT2D eigenvalue weighted by Crippen LogP contribution is 2.28. The molecular weight excluding hydrogens is 306 g/mol. The van der Waals surface area contributed by atoms with Gasteiger partial charge >= 0.3 is 0 Å². The number of hydrogen-bond acceptors (Lipinski definition) is 2. The van der Waals surface area contributed by atoms with Gasteiger partial charge < -0.3 is 5.32 Å². The van der Waals surface area contributed by atoms with Crippen LogP contribution < -0.4 is 5.32 Å². The molecule has 0 spiro atoms. The van der Waals surface area contributed by atoms with Gasteiger partial charge in [0.15, 0.2) is 0 Å². The van der Waals surface area contributed by atoms with Crippen molar-refractivity contribution in [2.45, 2.75) is 26.3 Å². The van der Waals surface area contributed by atoms with Crippen molar-refractivity contribution < 1.29 is 0 Å². The van der Waals surface area contributed by atoms with Crippen LogP contribution in [-0.4, -0.2) is 6.54 Å². The van der Waals surface area contributed by atoms with Gasteiger partial charge in [-0.15, -0.1) is 0 Å². The van der Waals surface area contributed by atoms with Crippen LogP contribution in [0.25, 0.3) is 0 Å². The van der Waals surface area contributed by atoms with E-state index in [1.54, 1.807) is 11.3 Å². The van der Waals surface area contributed by atoms with Gasteiger partial charge in [0.05, 0.1) is 6.04 Å². The van der Waals surface area contributed by atoms with E-state index in [4.69, 9.17) is 0 Å². The van der Waals surface area contributed by atoms with Crippen LogP contribution in [0.3, 0.4) is 0 Å². The van der Waals surface area contributed by atoms with E-state index in [0.717, 1.165) is 17.4 Å². The molecule has 2 rings (SSSR count). The minimum absolute atomic E-state index is 0.300. The summed E-state index contributed by atoms with van der Waals surface area (Å²) in [5.41, 5.74) is 4.05. The molecular formula is C15H18BrNS. The van der Waals surface area contributed by atoms with E-state index in [2.05, 4.69) is 70.1 Å². The van der Waals surface area contributed by atoms with E-state index in [1.165, 1.54) is 16.7 Å². The zero-order valence-corrected chi connectivity index (χ0v) is 13.1. The molecule has 1 aromatic carbocycles. The maximum absolute atomic E-state index is 3.64. The summed E-state index contributed by atoms with van der Waals surface area (Å²) in [4.78, 5) is 0. The SMILES string of the molecule is CCCNC(c1ccsc1)c1cc(Br)ccc1C. The Hall–Kier alpha value is -0.640. The summed E-state index contributed by atoms with van der Waals surface area (Å²) in [6.07, 6.45) is 1.15. The molecule has 0 amide bonds. The number of rotatable bonds is 5. The predicted octanol–water partition coefficient (Wildman–Crippen LogP) is 4.91. The topological polar surface area (TPSA) is 12.0 Å². The first-order valence-electron chi connectivity index (χ1n) is 6.24. The highest BCUT2D eigenvalue weighted by Gasteiger charge is 2.16. The summed E-state index contributed by atoms with van der Waals surface area (Å²) in [6.45, 7) is 5.41. The van der Waals surface area contributed by atoms with Crippen molar-refractivity contribution in [1.29, 1.82) is 0 Å². The Morgan fingerprint density at radius 3 is 2.83 bits per heavy atom. The molecule has 0 saturated heterocycles. The number of benzene rings is 1. The largest absolute Gasteiger partial charge is 0.306 e. The van der Waals surface area contributed by atoms with Gasteiger partial charge in [0.1, 0.15) is 0 Å². The zero-order valence-electron chi connectivity index (χ0n) is 10.7. The molecule has 1 aromatic heterocycles. The van der Waals surface area contributed by atoms with Gasteiger partial charge in [0.25, 0.3) is 0 Å². The molecule has 0 radical (unpaired) electrons. The predicted molar refractivity (Wildman–Crippen MR) is 83.3 cm³/mol. The highest BCUT2D eigenvalue weighted by atomic mass is 79.9. The second kappa shape index (κ2) is 6.50. The molecule has 0 fully saturated rings.